The highest BCUT2D eigenvalue weighted by atomic mass is 79.9. The van der Waals surface area contributed by atoms with Crippen LogP contribution in [-0.4, -0.2) is 10.6 Å². The number of alkyl halides is 1. The average molecular weight is 368 g/mol. The molecule has 1 aromatic carbocycles. The van der Waals surface area contributed by atoms with Crippen LogP contribution in [0.3, 0.4) is 0 Å². The van der Waals surface area contributed by atoms with Gasteiger partial charge in [-0.2, -0.15) is 0 Å². The predicted molar refractivity (Wildman–Crippen MR) is 75.4 cm³/mol. The molecule has 0 radical (unpaired) electrons. The van der Waals surface area contributed by atoms with Crippen LogP contribution in [0.25, 0.3) is 0 Å². The summed E-state index contributed by atoms with van der Waals surface area (Å²) in [6.45, 7) is 3.81. The quantitative estimate of drug-likeness (QED) is 0.708. The number of benzene rings is 1. The van der Waals surface area contributed by atoms with Gasteiger partial charge in [-0.15, -0.1) is 0 Å². The van der Waals surface area contributed by atoms with Crippen LogP contribution in [0.1, 0.15) is 19.4 Å². The Balaban J connectivity index is 2.77. The highest BCUT2D eigenvalue weighted by Gasteiger charge is 2.19. The summed E-state index contributed by atoms with van der Waals surface area (Å²) in [7, 11) is 0. The number of rotatable bonds is 4. The number of carbonyl (C=O) groups excluding carboxylic acids is 1. The van der Waals surface area contributed by atoms with E-state index in [1.165, 1.54) is 0 Å². The first-order chi connectivity index (χ1) is 7.41. The maximum absolute atomic E-state index is 11.7. The Morgan fingerprint density at radius 3 is 2.56 bits per heavy atom. The topological polar surface area (TPSA) is 17.1 Å². The number of carbonyl (C=O) groups is 1. The van der Waals surface area contributed by atoms with E-state index < -0.39 is 0 Å². The van der Waals surface area contributed by atoms with Crippen LogP contribution in [-0.2, 0) is 11.2 Å². The smallest absolute Gasteiger partial charge is 0.149 e. The lowest BCUT2D eigenvalue weighted by Gasteiger charge is -2.12. The summed E-state index contributed by atoms with van der Waals surface area (Å²) in [5.41, 5.74) is 0.987. The summed E-state index contributed by atoms with van der Waals surface area (Å²) in [5, 5.41) is 0.690. The molecule has 0 fully saturated rings. The first-order valence-corrected chi connectivity index (χ1v) is 7.12. The molecule has 0 heterocycles. The van der Waals surface area contributed by atoms with E-state index in [-0.39, 0.29) is 16.5 Å². The molecule has 0 amide bonds. The van der Waals surface area contributed by atoms with Crippen LogP contribution in [0.4, 0.5) is 0 Å². The van der Waals surface area contributed by atoms with Crippen molar-refractivity contribution >= 4 is 49.2 Å². The molecule has 1 unspecified atom stereocenters. The molecule has 0 aliphatic heterocycles. The van der Waals surface area contributed by atoms with Crippen LogP contribution in [0.2, 0.25) is 5.02 Å². The third kappa shape index (κ3) is 3.86. The second-order valence-electron chi connectivity index (χ2n) is 3.96. The predicted octanol–water partition coefficient (Wildman–Crippen LogP) is 4.63. The van der Waals surface area contributed by atoms with E-state index in [0.717, 1.165) is 10.0 Å². The Morgan fingerprint density at radius 2 is 2.06 bits per heavy atom. The van der Waals surface area contributed by atoms with Crippen molar-refractivity contribution in [3.63, 3.8) is 0 Å². The molecule has 16 heavy (non-hydrogen) atoms. The van der Waals surface area contributed by atoms with Gasteiger partial charge in [-0.25, -0.2) is 0 Å². The minimum Gasteiger partial charge on any atom is -0.298 e. The van der Waals surface area contributed by atoms with Gasteiger partial charge >= 0.3 is 0 Å². The monoisotopic (exact) mass is 366 g/mol. The van der Waals surface area contributed by atoms with Crippen LogP contribution in [0.5, 0.6) is 0 Å². The van der Waals surface area contributed by atoms with Crippen molar-refractivity contribution in [2.75, 3.05) is 0 Å². The molecule has 1 nitrogen and oxygen atoms in total. The first-order valence-electron chi connectivity index (χ1n) is 5.03. The Morgan fingerprint density at radius 1 is 1.44 bits per heavy atom. The molecular weight excluding hydrogens is 355 g/mol. The Hall–Kier alpha value is 0.140. The van der Waals surface area contributed by atoms with E-state index >= 15 is 0 Å². The number of hydrogen-bond acceptors (Lipinski definition) is 1. The number of Topliss-reactive ketones (excluding diaryl/α,β-unsaturated/α-hetero) is 1. The summed E-state index contributed by atoms with van der Waals surface area (Å²) in [6, 6.07) is 5.71. The van der Waals surface area contributed by atoms with Crippen molar-refractivity contribution in [3.05, 3.63) is 33.3 Å². The minimum atomic E-state index is -0.161. The van der Waals surface area contributed by atoms with Crippen molar-refractivity contribution in [2.45, 2.75) is 25.1 Å². The summed E-state index contributed by atoms with van der Waals surface area (Å²) in [5.74, 6) is 0.248. The van der Waals surface area contributed by atoms with E-state index in [1.54, 1.807) is 0 Å². The fraction of sp³-hybridized carbons (Fsp3) is 0.417. The highest BCUT2D eigenvalue weighted by Crippen LogP contribution is 2.24. The zero-order chi connectivity index (χ0) is 12.3. The molecule has 0 N–H and O–H groups in total. The maximum atomic E-state index is 11.7. The average Bonchev–Trinajstić information content (AvgIpc) is 2.20. The molecule has 1 atom stereocenters. The maximum Gasteiger partial charge on any atom is 0.149 e. The molecule has 4 heteroatoms. The lowest BCUT2D eigenvalue weighted by molar-refractivity contribution is -0.121. The summed E-state index contributed by atoms with van der Waals surface area (Å²) >= 11 is 12.9. The summed E-state index contributed by atoms with van der Waals surface area (Å²) in [4.78, 5) is 11.6. The van der Waals surface area contributed by atoms with Crippen molar-refractivity contribution in [1.82, 2.24) is 0 Å². The third-order valence-electron chi connectivity index (χ3n) is 2.29. The Labute approximate surface area is 118 Å². The largest absolute Gasteiger partial charge is 0.298 e. The lowest BCUT2D eigenvalue weighted by atomic mass is 10.0. The van der Waals surface area contributed by atoms with Crippen molar-refractivity contribution in [1.29, 1.82) is 0 Å². The van der Waals surface area contributed by atoms with Crippen LogP contribution in [0.15, 0.2) is 22.7 Å². The van der Waals surface area contributed by atoms with E-state index in [1.807, 2.05) is 32.0 Å². The Kier molecular flexibility index (Phi) is 5.48. The molecule has 1 aromatic rings. The third-order valence-corrected chi connectivity index (χ3v) is 3.91. The van der Waals surface area contributed by atoms with Gasteiger partial charge in [0, 0.05) is 15.4 Å². The minimum absolute atomic E-state index is 0.0404. The fourth-order valence-corrected chi connectivity index (χ4v) is 2.97. The van der Waals surface area contributed by atoms with Gasteiger partial charge in [0.25, 0.3) is 0 Å². The SMILES string of the molecule is CC(C)C(=O)C(Br)Cc1ccc(Br)cc1Cl. The fourth-order valence-electron chi connectivity index (χ4n) is 1.34. The van der Waals surface area contributed by atoms with Gasteiger partial charge < -0.3 is 0 Å². The first kappa shape index (κ1) is 14.2. The van der Waals surface area contributed by atoms with Gasteiger partial charge in [-0.3, -0.25) is 4.79 Å². The summed E-state index contributed by atoms with van der Waals surface area (Å²) < 4.78 is 0.947. The Bertz CT molecular complexity index is 391. The van der Waals surface area contributed by atoms with Crippen molar-refractivity contribution in [3.8, 4) is 0 Å². The highest BCUT2D eigenvalue weighted by molar-refractivity contribution is 9.10. The molecule has 1 rings (SSSR count). The molecule has 0 saturated carbocycles. The molecule has 0 spiro atoms. The van der Waals surface area contributed by atoms with Gasteiger partial charge in [0.1, 0.15) is 5.78 Å². The van der Waals surface area contributed by atoms with E-state index in [9.17, 15) is 4.79 Å². The zero-order valence-electron chi connectivity index (χ0n) is 9.14. The van der Waals surface area contributed by atoms with Crippen molar-refractivity contribution in [2.24, 2.45) is 5.92 Å². The van der Waals surface area contributed by atoms with Gasteiger partial charge in [0.15, 0.2) is 0 Å². The second-order valence-corrected chi connectivity index (χ2v) is 6.39. The van der Waals surface area contributed by atoms with Crippen molar-refractivity contribution < 1.29 is 4.79 Å². The van der Waals surface area contributed by atoms with E-state index in [4.69, 9.17) is 11.6 Å². The van der Waals surface area contributed by atoms with Gasteiger partial charge in [-0.05, 0) is 24.1 Å². The van der Waals surface area contributed by atoms with Gasteiger partial charge in [-0.1, -0.05) is 63.4 Å². The molecule has 0 saturated heterocycles. The van der Waals surface area contributed by atoms with Crippen LogP contribution < -0.4 is 0 Å². The molecule has 0 bridgehead atoms. The number of hydrogen-bond donors (Lipinski definition) is 0. The zero-order valence-corrected chi connectivity index (χ0v) is 13.1. The second kappa shape index (κ2) is 6.18. The van der Waals surface area contributed by atoms with Gasteiger partial charge in [0.2, 0.25) is 0 Å². The molecular formula is C12H13Br2ClO. The van der Waals surface area contributed by atoms with E-state index in [0.29, 0.717) is 11.4 Å². The summed E-state index contributed by atoms with van der Waals surface area (Å²) in [6.07, 6.45) is 0.628. The molecule has 88 valence electrons. The molecule has 0 aliphatic rings. The number of ketones is 1. The standard InChI is InChI=1S/C12H13Br2ClO/c1-7(2)12(16)10(14)5-8-3-4-9(13)6-11(8)15/h3-4,6-7,10H,5H2,1-2H3. The van der Waals surface area contributed by atoms with Gasteiger partial charge in [0.05, 0.1) is 4.83 Å². The normalized spacial score (nSPS) is 12.9. The molecule has 0 aromatic heterocycles. The van der Waals surface area contributed by atoms with Crippen LogP contribution >= 0.6 is 43.5 Å². The van der Waals surface area contributed by atoms with E-state index in [2.05, 4.69) is 31.9 Å². The van der Waals surface area contributed by atoms with Crippen LogP contribution in [0, 0.1) is 5.92 Å². The lowest BCUT2D eigenvalue weighted by Crippen LogP contribution is -2.21. The molecule has 0 aliphatic carbocycles. The number of halogens is 3.